The minimum Gasteiger partial charge on any atom is -0.321 e. The van der Waals surface area contributed by atoms with Crippen molar-refractivity contribution in [2.45, 2.75) is 18.7 Å². The van der Waals surface area contributed by atoms with Gasteiger partial charge in [0.25, 0.3) is 5.91 Å². The van der Waals surface area contributed by atoms with Gasteiger partial charge in [-0.15, -0.1) is 11.3 Å². The van der Waals surface area contributed by atoms with Gasteiger partial charge < -0.3 is 5.32 Å². The zero-order chi connectivity index (χ0) is 16.5. The number of amides is 1. The van der Waals surface area contributed by atoms with E-state index in [0.717, 1.165) is 15.4 Å². The number of rotatable bonds is 4. The van der Waals surface area contributed by atoms with Crippen LogP contribution in [0.1, 0.15) is 20.8 Å². The molecule has 1 aromatic carbocycles. The van der Waals surface area contributed by atoms with Crippen molar-refractivity contribution in [3.8, 4) is 0 Å². The summed E-state index contributed by atoms with van der Waals surface area (Å²) in [5.41, 5.74) is 2.21. The van der Waals surface area contributed by atoms with Gasteiger partial charge in [-0.1, -0.05) is 6.07 Å². The minimum absolute atomic E-state index is 0.154. The van der Waals surface area contributed by atoms with Crippen molar-refractivity contribution < 1.29 is 13.2 Å². The van der Waals surface area contributed by atoms with Crippen molar-refractivity contribution in [3.63, 3.8) is 0 Å². The first-order chi connectivity index (χ1) is 10.2. The Kier molecular flexibility index (Phi) is 4.69. The second-order valence-electron chi connectivity index (χ2n) is 5.15. The zero-order valence-electron chi connectivity index (χ0n) is 12.9. The van der Waals surface area contributed by atoms with Crippen LogP contribution >= 0.6 is 11.3 Å². The van der Waals surface area contributed by atoms with Crippen LogP contribution < -0.4 is 5.32 Å². The van der Waals surface area contributed by atoms with Crippen molar-refractivity contribution in [3.05, 3.63) is 45.6 Å². The molecule has 0 spiro atoms. The van der Waals surface area contributed by atoms with Gasteiger partial charge in [0.05, 0.1) is 9.77 Å². The van der Waals surface area contributed by atoms with Gasteiger partial charge in [-0.25, -0.2) is 12.7 Å². The third-order valence-corrected chi connectivity index (χ3v) is 6.13. The number of hydrogen-bond acceptors (Lipinski definition) is 4. The van der Waals surface area contributed by atoms with Gasteiger partial charge in [0.15, 0.2) is 0 Å². The molecular weight excluding hydrogens is 320 g/mol. The maximum atomic E-state index is 12.3. The molecule has 1 heterocycles. The van der Waals surface area contributed by atoms with E-state index in [1.165, 1.54) is 37.6 Å². The number of thiophene rings is 1. The molecule has 0 unspecified atom stereocenters. The first-order valence-electron chi connectivity index (χ1n) is 6.62. The fourth-order valence-corrected chi connectivity index (χ4v) is 3.64. The molecule has 7 heteroatoms. The first-order valence-corrected chi connectivity index (χ1v) is 8.94. The zero-order valence-corrected chi connectivity index (χ0v) is 14.5. The summed E-state index contributed by atoms with van der Waals surface area (Å²) in [5, 5.41) is 4.64. The molecule has 2 rings (SSSR count). The molecule has 1 amide bonds. The highest BCUT2D eigenvalue weighted by Crippen LogP contribution is 2.24. The van der Waals surface area contributed by atoms with E-state index in [2.05, 4.69) is 5.32 Å². The average molecular weight is 338 g/mol. The minimum atomic E-state index is -3.53. The number of benzene rings is 1. The number of aryl methyl sites for hydroxylation is 2. The molecule has 0 aliphatic rings. The number of sulfonamides is 1. The van der Waals surface area contributed by atoms with E-state index in [-0.39, 0.29) is 10.8 Å². The Bertz CT molecular complexity index is 808. The van der Waals surface area contributed by atoms with E-state index in [4.69, 9.17) is 0 Å². The lowest BCUT2D eigenvalue weighted by atomic mass is 10.2. The third kappa shape index (κ3) is 3.21. The van der Waals surface area contributed by atoms with Crippen molar-refractivity contribution in [2.75, 3.05) is 19.4 Å². The number of hydrogen-bond donors (Lipinski definition) is 1. The molecule has 22 heavy (non-hydrogen) atoms. The summed E-state index contributed by atoms with van der Waals surface area (Å²) in [5.74, 6) is -0.227. The highest BCUT2D eigenvalue weighted by atomic mass is 32.2. The predicted molar refractivity (Wildman–Crippen MR) is 89.1 cm³/mol. The molecule has 0 saturated carbocycles. The Hall–Kier alpha value is -1.70. The lowest BCUT2D eigenvalue weighted by Crippen LogP contribution is -2.22. The van der Waals surface area contributed by atoms with Gasteiger partial charge in [0.2, 0.25) is 10.0 Å². The summed E-state index contributed by atoms with van der Waals surface area (Å²) in [6.45, 7) is 3.69. The Morgan fingerprint density at radius 1 is 1.14 bits per heavy atom. The van der Waals surface area contributed by atoms with Gasteiger partial charge in [-0.2, -0.15) is 0 Å². The molecule has 2 aromatic rings. The van der Waals surface area contributed by atoms with Gasteiger partial charge in [-0.05, 0) is 48.6 Å². The number of nitrogens with zero attached hydrogens (tertiary/aromatic N) is 1. The molecule has 118 valence electrons. The van der Waals surface area contributed by atoms with E-state index < -0.39 is 10.0 Å². The maximum absolute atomic E-state index is 12.3. The van der Waals surface area contributed by atoms with Crippen molar-refractivity contribution in [1.29, 1.82) is 0 Å². The molecule has 1 aromatic heterocycles. The summed E-state index contributed by atoms with van der Waals surface area (Å²) < 4.78 is 25.5. The number of anilines is 1. The second kappa shape index (κ2) is 6.20. The summed E-state index contributed by atoms with van der Waals surface area (Å²) in [7, 11) is -0.580. The van der Waals surface area contributed by atoms with Crippen LogP contribution in [-0.4, -0.2) is 32.7 Å². The fourth-order valence-electron chi connectivity index (χ4n) is 1.89. The van der Waals surface area contributed by atoms with Crippen LogP contribution in [0.15, 0.2) is 34.5 Å². The highest BCUT2D eigenvalue weighted by molar-refractivity contribution is 7.89. The van der Waals surface area contributed by atoms with Crippen molar-refractivity contribution >= 4 is 33.0 Å². The number of carbonyl (C=O) groups is 1. The molecule has 0 radical (unpaired) electrons. The van der Waals surface area contributed by atoms with E-state index in [1.54, 1.807) is 6.07 Å². The van der Waals surface area contributed by atoms with E-state index in [9.17, 15) is 13.2 Å². The molecule has 0 saturated heterocycles. The van der Waals surface area contributed by atoms with Crippen LogP contribution in [0.5, 0.6) is 0 Å². The monoisotopic (exact) mass is 338 g/mol. The number of nitrogens with one attached hydrogen (secondary N) is 1. The molecule has 0 aliphatic heterocycles. The quantitative estimate of drug-likeness (QED) is 0.932. The molecule has 1 N–H and O–H groups in total. The van der Waals surface area contributed by atoms with Crippen molar-refractivity contribution in [2.24, 2.45) is 0 Å². The summed E-state index contributed by atoms with van der Waals surface area (Å²) >= 11 is 1.36. The Morgan fingerprint density at radius 3 is 2.36 bits per heavy atom. The third-order valence-electron chi connectivity index (χ3n) is 3.30. The van der Waals surface area contributed by atoms with E-state index in [0.29, 0.717) is 10.6 Å². The van der Waals surface area contributed by atoms with Crippen molar-refractivity contribution in [1.82, 2.24) is 4.31 Å². The summed E-state index contributed by atoms with van der Waals surface area (Å²) in [4.78, 5) is 13.1. The maximum Gasteiger partial charge on any atom is 0.266 e. The van der Waals surface area contributed by atoms with E-state index in [1.807, 2.05) is 25.3 Å². The Labute approximate surface area is 134 Å². The normalized spacial score (nSPS) is 11.7. The first kappa shape index (κ1) is 16.7. The Morgan fingerprint density at radius 2 is 1.82 bits per heavy atom. The van der Waals surface area contributed by atoms with Crippen LogP contribution in [0.4, 0.5) is 5.69 Å². The van der Waals surface area contributed by atoms with Crippen LogP contribution in [0.2, 0.25) is 0 Å². The van der Waals surface area contributed by atoms with E-state index >= 15 is 0 Å². The summed E-state index contributed by atoms with van der Waals surface area (Å²) in [6, 6.07) is 6.59. The molecule has 0 aliphatic carbocycles. The van der Waals surface area contributed by atoms with Gasteiger partial charge >= 0.3 is 0 Å². The van der Waals surface area contributed by atoms with Gasteiger partial charge in [0, 0.05) is 19.8 Å². The smallest absolute Gasteiger partial charge is 0.266 e. The topological polar surface area (TPSA) is 66.5 Å². The SMILES string of the molecule is Cc1ccc(S(=O)(=O)N(C)C)cc1NC(=O)c1sccc1C. The second-order valence-corrected chi connectivity index (χ2v) is 8.22. The Balaban J connectivity index is 2.36. The molecule has 0 bridgehead atoms. The number of carbonyl (C=O) groups excluding carboxylic acids is 1. The van der Waals surface area contributed by atoms with Crippen LogP contribution in [-0.2, 0) is 10.0 Å². The molecular formula is C15H18N2O3S2. The van der Waals surface area contributed by atoms with Crippen LogP contribution in [0, 0.1) is 13.8 Å². The fraction of sp³-hybridized carbons (Fsp3) is 0.267. The summed E-state index contributed by atoms with van der Waals surface area (Å²) in [6.07, 6.45) is 0. The molecule has 0 atom stereocenters. The average Bonchev–Trinajstić information content (AvgIpc) is 2.87. The van der Waals surface area contributed by atoms with Crippen LogP contribution in [0.25, 0.3) is 0 Å². The molecule has 0 fully saturated rings. The standard InChI is InChI=1S/C15H18N2O3S2/c1-10-5-6-12(22(19,20)17(3)4)9-13(10)16-15(18)14-11(2)7-8-21-14/h5-9H,1-4H3,(H,16,18). The van der Waals surface area contributed by atoms with Crippen LogP contribution in [0.3, 0.4) is 0 Å². The lowest BCUT2D eigenvalue weighted by molar-refractivity contribution is 0.103. The van der Waals surface area contributed by atoms with Gasteiger partial charge in [0.1, 0.15) is 0 Å². The van der Waals surface area contributed by atoms with Gasteiger partial charge in [-0.3, -0.25) is 4.79 Å². The lowest BCUT2D eigenvalue weighted by Gasteiger charge is -2.14. The predicted octanol–water partition coefficient (Wildman–Crippen LogP) is 2.87. The molecule has 5 nitrogen and oxygen atoms in total. The largest absolute Gasteiger partial charge is 0.321 e. The highest BCUT2D eigenvalue weighted by Gasteiger charge is 2.19.